The van der Waals surface area contributed by atoms with E-state index in [9.17, 15) is 19.4 Å². The molecule has 1 unspecified atom stereocenters. The number of amides is 1. The van der Waals surface area contributed by atoms with E-state index >= 15 is 0 Å². The second kappa shape index (κ2) is 9.98. The van der Waals surface area contributed by atoms with Gasteiger partial charge in [-0.05, 0) is 63.8 Å². The molecule has 35 heavy (non-hydrogen) atoms. The number of rotatable bonds is 7. The molecule has 0 bridgehead atoms. The van der Waals surface area contributed by atoms with Crippen molar-refractivity contribution in [1.82, 2.24) is 19.9 Å². The zero-order valence-electron chi connectivity index (χ0n) is 19.7. The van der Waals surface area contributed by atoms with Crippen molar-refractivity contribution in [3.8, 4) is 17.5 Å². The maximum atomic E-state index is 14.2. The van der Waals surface area contributed by atoms with E-state index in [2.05, 4.69) is 26.8 Å². The molecular weight excluding hydrogens is 451 g/mol. The summed E-state index contributed by atoms with van der Waals surface area (Å²) in [4.78, 5) is 17.4. The van der Waals surface area contributed by atoms with Gasteiger partial charge in [-0.1, -0.05) is 0 Å². The number of carbonyl (C=O) groups is 1. The number of nitrogens with zero attached hydrogens (tertiary/aromatic N) is 4. The molecule has 1 fully saturated rings. The topological polar surface area (TPSA) is 136 Å². The van der Waals surface area contributed by atoms with E-state index in [1.54, 1.807) is 16.6 Å². The molecular formula is C25H29FN6O3. The second-order valence-corrected chi connectivity index (χ2v) is 9.51. The Hall–Kier alpha value is -3.55. The van der Waals surface area contributed by atoms with Crippen molar-refractivity contribution in [3.05, 3.63) is 47.8 Å². The zero-order valence-corrected chi connectivity index (χ0v) is 19.7. The first-order chi connectivity index (χ1) is 16.7. The molecule has 3 aromatic heterocycles. The molecule has 3 heterocycles. The molecule has 1 aliphatic carbocycles. The summed E-state index contributed by atoms with van der Waals surface area (Å²) in [5.74, 6) is -0.508. The van der Waals surface area contributed by atoms with Gasteiger partial charge in [-0.3, -0.25) is 9.78 Å². The predicted octanol–water partition coefficient (Wildman–Crippen LogP) is 2.82. The lowest BCUT2D eigenvalue weighted by atomic mass is 9.93. The minimum Gasteiger partial charge on any atom is -0.393 e. The highest BCUT2D eigenvalue weighted by atomic mass is 19.1. The fourth-order valence-electron chi connectivity index (χ4n) is 4.12. The predicted molar refractivity (Wildman–Crippen MR) is 129 cm³/mol. The normalized spacial score (nSPS) is 19.2. The number of carbonyl (C=O) groups excluding carboxylic acids is 1. The highest BCUT2D eigenvalue weighted by Crippen LogP contribution is 2.28. The van der Waals surface area contributed by atoms with Crippen LogP contribution in [0.2, 0.25) is 0 Å². The van der Waals surface area contributed by atoms with Crippen molar-refractivity contribution >= 4 is 17.1 Å². The van der Waals surface area contributed by atoms with Gasteiger partial charge in [-0.25, -0.2) is 8.91 Å². The van der Waals surface area contributed by atoms with Crippen molar-refractivity contribution in [1.29, 1.82) is 5.26 Å². The first-order valence-corrected chi connectivity index (χ1v) is 11.6. The van der Waals surface area contributed by atoms with E-state index in [-0.39, 0.29) is 24.3 Å². The highest BCUT2D eigenvalue weighted by molar-refractivity contribution is 6.00. The number of pyridine rings is 1. The molecule has 9 nitrogen and oxygen atoms in total. The van der Waals surface area contributed by atoms with Crippen LogP contribution in [0.15, 0.2) is 36.7 Å². The van der Waals surface area contributed by atoms with Crippen molar-refractivity contribution in [2.24, 2.45) is 0 Å². The molecule has 0 saturated heterocycles. The molecule has 0 aromatic carbocycles. The average molecular weight is 481 g/mol. The number of hydrogen-bond acceptors (Lipinski definition) is 7. The summed E-state index contributed by atoms with van der Waals surface area (Å²) in [7, 11) is 0. The summed E-state index contributed by atoms with van der Waals surface area (Å²) in [5, 5.41) is 39.1. The molecule has 0 aliphatic heterocycles. The van der Waals surface area contributed by atoms with Crippen LogP contribution in [0.3, 0.4) is 0 Å². The Morgan fingerprint density at radius 2 is 2.03 bits per heavy atom. The Morgan fingerprint density at radius 3 is 2.71 bits per heavy atom. The van der Waals surface area contributed by atoms with Crippen molar-refractivity contribution in [2.45, 2.75) is 63.4 Å². The second-order valence-electron chi connectivity index (χ2n) is 9.51. The van der Waals surface area contributed by atoms with Gasteiger partial charge < -0.3 is 20.8 Å². The number of aromatic nitrogens is 3. The molecule has 1 saturated carbocycles. The molecule has 0 radical (unpaired) electrons. The SMILES string of the molecule is CC(C)(O)C(F)CNC(=O)c1cnc(-c2ccc3cc(C#N)cnn23)cc1NC1CCC(O)CC1. The molecule has 0 spiro atoms. The number of aliphatic hydroxyl groups is 2. The number of nitrogens with one attached hydrogen (secondary N) is 2. The number of aliphatic hydroxyl groups excluding tert-OH is 1. The molecule has 1 amide bonds. The summed E-state index contributed by atoms with van der Waals surface area (Å²) in [6, 6.07) is 9.28. The first kappa shape index (κ1) is 24.6. The van der Waals surface area contributed by atoms with Crippen molar-refractivity contribution in [2.75, 3.05) is 11.9 Å². The largest absolute Gasteiger partial charge is 0.393 e. The van der Waals surface area contributed by atoms with Crippen LogP contribution in [0.25, 0.3) is 16.9 Å². The lowest BCUT2D eigenvalue weighted by Gasteiger charge is -2.28. The summed E-state index contributed by atoms with van der Waals surface area (Å²) in [5.41, 5.74) is 1.65. The third-order valence-electron chi connectivity index (χ3n) is 6.31. The Balaban J connectivity index is 1.65. The Morgan fingerprint density at radius 1 is 1.29 bits per heavy atom. The molecule has 4 N–H and O–H groups in total. The maximum absolute atomic E-state index is 14.2. The lowest BCUT2D eigenvalue weighted by molar-refractivity contribution is -0.00177. The van der Waals surface area contributed by atoms with Crippen LogP contribution >= 0.6 is 0 Å². The van der Waals surface area contributed by atoms with Crippen molar-refractivity contribution < 1.29 is 19.4 Å². The third-order valence-corrected chi connectivity index (χ3v) is 6.31. The third kappa shape index (κ3) is 5.58. The zero-order chi connectivity index (χ0) is 25.2. The van der Waals surface area contributed by atoms with E-state index in [4.69, 9.17) is 5.26 Å². The minimum atomic E-state index is -1.63. The van der Waals surface area contributed by atoms with Gasteiger partial charge in [0.05, 0.1) is 58.2 Å². The quantitative estimate of drug-likeness (QED) is 0.408. The highest BCUT2D eigenvalue weighted by Gasteiger charge is 2.28. The van der Waals surface area contributed by atoms with Gasteiger partial charge in [0.15, 0.2) is 0 Å². The van der Waals surface area contributed by atoms with E-state index in [0.29, 0.717) is 35.5 Å². The van der Waals surface area contributed by atoms with Crippen LogP contribution in [0.4, 0.5) is 10.1 Å². The van der Waals surface area contributed by atoms with Crippen LogP contribution < -0.4 is 10.6 Å². The average Bonchev–Trinajstić information content (AvgIpc) is 3.26. The summed E-state index contributed by atoms with van der Waals surface area (Å²) < 4.78 is 15.9. The Kier molecular flexibility index (Phi) is 7.00. The lowest BCUT2D eigenvalue weighted by Crippen LogP contribution is -2.42. The number of nitriles is 1. The molecule has 3 aromatic rings. The van der Waals surface area contributed by atoms with Crippen LogP contribution in [0.1, 0.15) is 55.5 Å². The molecule has 4 rings (SSSR count). The first-order valence-electron chi connectivity index (χ1n) is 11.6. The summed E-state index contributed by atoms with van der Waals surface area (Å²) in [6.45, 7) is 2.36. The van der Waals surface area contributed by atoms with E-state index in [1.165, 1.54) is 26.2 Å². The fourth-order valence-corrected chi connectivity index (χ4v) is 4.12. The standard InChI is InChI=1S/C25H29FN6O3/c1-25(2,35)23(26)14-29-24(34)19-13-28-21(10-20(19)31-16-3-6-18(33)7-4-16)22-8-5-17-9-15(11-27)12-30-32(17)22/h5,8-10,12-13,16,18,23,33,35H,3-4,6-7,14H2,1-2H3,(H,28,31)(H,29,34). The van der Waals surface area contributed by atoms with E-state index in [1.807, 2.05) is 12.1 Å². The van der Waals surface area contributed by atoms with Crippen LogP contribution in [-0.2, 0) is 0 Å². The van der Waals surface area contributed by atoms with Gasteiger partial charge in [0, 0.05) is 12.2 Å². The van der Waals surface area contributed by atoms with Gasteiger partial charge in [-0.2, -0.15) is 10.4 Å². The van der Waals surface area contributed by atoms with Crippen molar-refractivity contribution in [3.63, 3.8) is 0 Å². The molecule has 184 valence electrons. The number of fused-ring (bicyclic) bond motifs is 1. The van der Waals surface area contributed by atoms with E-state index < -0.39 is 17.7 Å². The monoisotopic (exact) mass is 480 g/mol. The fraction of sp³-hybridized carbons (Fsp3) is 0.440. The summed E-state index contributed by atoms with van der Waals surface area (Å²) >= 11 is 0. The number of anilines is 1. The van der Waals surface area contributed by atoms with Gasteiger partial charge in [0.1, 0.15) is 12.2 Å². The van der Waals surface area contributed by atoms with Gasteiger partial charge in [-0.15, -0.1) is 0 Å². The van der Waals surface area contributed by atoms with E-state index in [0.717, 1.165) is 18.4 Å². The van der Waals surface area contributed by atoms with Gasteiger partial charge in [0.2, 0.25) is 0 Å². The number of halogens is 1. The number of alkyl halides is 1. The van der Waals surface area contributed by atoms with Crippen LogP contribution in [0, 0.1) is 11.3 Å². The summed E-state index contributed by atoms with van der Waals surface area (Å²) in [6.07, 6.45) is 3.79. The molecule has 10 heteroatoms. The number of hydrogen-bond donors (Lipinski definition) is 4. The van der Waals surface area contributed by atoms with Crippen LogP contribution in [-0.4, -0.2) is 61.2 Å². The Labute approximate surface area is 202 Å². The van der Waals surface area contributed by atoms with Crippen LogP contribution in [0.5, 0.6) is 0 Å². The smallest absolute Gasteiger partial charge is 0.255 e. The minimum absolute atomic E-state index is 0.0610. The molecule has 1 atom stereocenters. The maximum Gasteiger partial charge on any atom is 0.255 e. The Bertz CT molecular complexity index is 1250. The van der Waals surface area contributed by atoms with Gasteiger partial charge in [0.25, 0.3) is 5.91 Å². The van der Waals surface area contributed by atoms with Gasteiger partial charge >= 0.3 is 0 Å². The molecule has 1 aliphatic rings.